The van der Waals surface area contributed by atoms with Crippen LogP contribution in [0.15, 0.2) is 0 Å². The fourth-order valence-electron chi connectivity index (χ4n) is 3.20. The van der Waals surface area contributed by atoms with Crippen LogP contribution in [-0.4, -0.2) is 48.4 Å². The molecule has 2 heterocycles. The van der Waals surface area contributed by atoms with Crippen molar-refractivity contribution < 1.29 is 22.7 Å². The third-order valence-corrected chi connectivity index (χ3v) is 4.07. The summed E-state index contributed by atoms with van der Waals surface area (Å²) in [5.74, 6) is 0. The Labute approximate surface area is 123 Å². The lowest BCUT2D eigenvalue weighted by Crippen LogP contribution is -2.47. The highest BCUT2D eigenvalue weighted by molar-refractivity contribution is 5.69. The zero-order valence-electron chi connectivity index (χ0n) is 12.7. The zero-order valence-corrected chi connectivity index (χ0v) is 12.7. The molecule has 1 spiro atoms. The topological polar surface area (TPSA) is 41.6 Å². The summed E-state index contributed by atoms with van der Waals surface area (Å²) in [6.07, 6.45) is -3.77. The quantitative estimate of drug-likeness (QED) is 0.748. The lowest BCUT2D eigenvalue weighted by molar-refractivity contribution is -0.174. The maximum absolute atomic E-state index is 13.3. The molecule has 21 heavy (non-hydrogen) atoms. The minimum Gasteiger partial charge on any atom is -0.444 e. The van der Waals surface area contributed by atoms with Crippen molar-refractivity contribution in [3.8, 4) is 0 Å². The molecule has 1 N–H and O–H groups in total. The number of rotatable bonds is 0. The molecule has 0 aliphatic carbocycles. The number of nitrogens with zero attached hydrogens (tertiary/aromatic N) is 1. The Balaban J connectivity index is 2.18. The summed E-state index contributed by atoms with van der Waals surface area (Å²) in [4.78, 5) is 13.0. The second-order valence-corrected chi connectivity index (χ2v) is 7.15. The van der Waals surface area contributed by atoms with E-state index in [-0.39, 0.29) is 13.0 Å². The molecule has 2 rings (SSSR count). The van der Waals surface area contributed by atoms with Crippen molar-refractivity contribution in [2.45, 2.75) is 57.9 Å². The van der Waals surface area contributed by atoms with Crippen molar-refractivity contribution in [2.75, 3.05) is 19.6 Å². The van der Waals surface area contributed by atoms with Crippen LogP contribution in [0.5, 0.6) is 0 Å². The van der Waals surface area contributed by atoms with Crippen LogP contribution in [0.1, 0.15) is 40.0 Å². The average molecular weight is 308 g/mol. The maximum atomic E-state index is 13.3. The van der Waals surface area contributed by atoms with E-state index in [0.717, 1.165) is 17.9 Å². The normalized spacial score (nSPS) is 30.8. The summed E-state index contributed by atoms with van der Waals surface area (Å²) in [7, 11) is 0. The van der Waals surface area contributed by atoms with E-state index in [9.17, 15) is 18.0 Å². The highest BCUT2D eigenvalue weighted by Crippen LogP contribution is 2.45. The zero-order chi connectivity index (χ0) is 15.9. The van der Waals surface area contributed by atoms with Gasteiger partial charge in [-0.1, -0.05) is 0 Å². The van der Waals surface area contributed by atoms with Crippen molar-refractivity contribution in [3.63, 3.8) is 0 Å². The molecule has 0 aromatic carbocycles. The predicted octanol–water partition coefficient (Wildman–Crippen LogP) is 2.93. The molecule has 0 saturated carbocycles. The van der Waals surface area contributed by atoms with Gasteiger partial charge in [0.05, 0.1) is 0 Å². The average Bonchev–Trinajstić information content (AvgIpc) is 2.67. The van der Waals surface area contributed by atoms with E-state index in [1.165, 1.54) is 0 Å². The Hall–Kier alpha value is -0.980. The molecule has 4 nitrogen and oxygen atoms in total. The molecule has 2 saturated heterocycles. The van der Waals surface area contributed by atoms with E-state index < -0.39 is 29.3 Å². The second-order valence-electron chi connectivity index (χ2n) is 7.15. The largest absolute Gasteiger partial charge is 0.444 e. The Morgan fingerprint density at radius 2 is 2.00 bits per heavy atom. The monoisotopic (exact) mass is 308 g/mol. The van der Waals surface area contributed by atoms with Gasteiger partial charge in [0.2, 0.25) is 0 Å². The summed E-state index contributed by atoms with van der Waals surface area (Å²) < 4.78 is 45.0. The van der Waals surface area contributed by atoms with Gasteiger partial charge in [-0.15, -0.1) is 0 Å². The summed E-state index contributed by atoms with van der Waals surface area (Å²) >= 11 is 0. The highest BCUT2D eigenvalue weighted by atomic mass is 19.4. The van der Waals surface area contributed by atoms with Crippen molar-refractivity contribution in [1.82, 2.24) is 10.2 Å². The summed E-state index contributed by atoms with van der Waals surface area (Å²) in [6, 6.07) is -1.74. The van der Waals surface area contributed by atoms with Crippen LogP contribution in [0.4, 0.5) is 18.0 Å². The number of nitrogens with one attached hydrogen (secondary N) is 1. The summed E-state index contributed by atoms with van der Waals surface area (Å²) in [5, 5.41) is 3.15. The summed E-state index contributed by atoms with van der Waals surface area (Å²) in [5.41, 5.74) is -1.27. The van der Waals surface area contributed by atoms with Crippen LogP contribution in [-0.2, 0) is 4.74 Å². The van der Waals surface area contributed by atoms with Gasteiger partial charge < -0.3 is 10.1 Å². The first-order chi connectivity index (χ1) is 9.53. The van der Waals surface area contributed by atoms with Crippen LogP contribution in [0.3, 0.4) is 0 Å². The second kappa shape index (κ2) is 5.34. The number of halogens is 3. The minimum absolute atomic E-state index is 0.0389. The van der Waals surface area contributed by atoms with Gasteiger partial charge in [-0.25, -0.2) is 4.79 Å². The van der Waals surface area contributed by atoms with Crippen molar-refractivity contribution >= 4 is 6.09 Å². The van der Waals surface area contributed by atoms with Gasteiger partial charge >= 0.3 is 12.3 Å². The molecule has 0 aromatic rings. The van der Waals surface area contributed by atoms with E-state index in [2.05, 4.69) is 5.32 Å². The Morgan fingerprint density at radius 1 is 1.33 bits per heavy atom. The van der Waals surface area contributed by atoms with E-state index in [0.29, 0.717) is 13.0 Å². The Bertz CT molecular complexity index is 398. The standard InChI is InChI=1S/C14H23F3N2O2/c1-12(2,3)21-11(20)19-9-13(5-4-6-18-8-13)7-10(19)14(15,16)17/h10,18H,4-9H2,1-3H3. The number of alkyl halides is 3. The molecule has 7 heteroatoms. The van der Waals surface area contributed by atoms with Crippen LogP contribution in [0, 0.1) is 5.41 Å². The van der Waals surface area contributed by atoms with E-state index in [1.54, 1.807) is 20.8 Å². The van der Waals surface area contributed by atoms with Crippen molar-refractivity contribution in [1.29, 1.82) is 0 Å². The molecule has 122 valence electrons. The number of piperidine rings is 1. The minimum atomic E-state index is -4.42. The highest BCUT2D eigenvalue weighted by Gasteiger charge is 2.57. The fourth-order valence-corrected chi connectivity index (χ4v) is 3.20. The van der Waals surface area contributed by atoms with Crippen LogP contribution in [0.2, 0.25) is 0 Å². The van der Waals surface area contributed by atoms with Gasteiger partial charge in [0.15, 0.2) is 0 Å². The number of carbonyl (C=O) groups excluding carboxylic acids is 1. The van der Waals surface area contributed by atoms with Gasteiger partial charge in [-0.2, -0.15) is 13.2 Å². The molecule has 0 aromatic heterocycles. The van der Waals surface area contributed by atoms with E-state index in [4.69, 9.17) is 4.74 Å². The number of hydrogen-bond donors (Lipinski definition) is 1. The molecule has 2 atom stereocenters. The first-order valence-corrected chi connectivity index (χ1v) is 7.30. The first-order valence-electron chi connectivity index (χ1n) is 7.30. The lowest BCUT2D eigenvalue weighted by Gasteiger charge is -2.33. The molecule has 2 aliphatic rings. The molecular formula is C14H23F3N2O2. The smallest absolute Gasteiger partial charge is 0.410 e. The van der Waals surface area contributed by atoms with Gasteiger partial charge in [-0.3, -0.25) is 4.90 Å². The van der Waals surface area contributed by atoms with Gasteiger partial charge in [0, 0.05) is 18.5 Å². The van der Waals surface area contributed by atoms with Gasteiger partial charge in [-0.05, 0) is 46.6 Å². The van der Waals surface area contributed by atoms with Crippen LogP contribution >= 0.6 is 0 Å². The fraction of sp³-hybridized carbons (Fsp3) is 0.929. The Kier molecular flexibility index (Phi) is 4.17. The molecule has 2 unspecified atom stereocenters. The number of carbonyl (C=O) groups is 1. The van der Waals surface area contributed by atoms with Crippen LogP contribution < -0.4 is 5.32 Å². The molecule has 2 aliphatic heterocycles. The molecule has 2 fully saturated rings. The third kappa shape index (κ3) is 3.81. The number of likely N-dealkylation sites (tertiary alicyclic amines) is 1. The molecule has 1 amide bonds. The maximum Gasteiger partial charge on any atom is 0.410 e. The number of hydrogen-bond acceptors (Lipinski definition) is 3. The number of amides is 1. The molecule has 0 bridgehead atoms. The SMILES string of the molecule is CC(C)(C)OC(=O)N1CC2(CCCNC2)CC1C(F)(F)F. The summed E-state index contributed by atoms with van der Waals surface area (Å²) in [6.45, 7) is 6.42. The first kappa shape index (κ1) is 16.4. The molecular weight excluding hydrogens is 285 g/mol. The lowest BCUT2D eigenvalue weighted by atomic mass is 9.79. The third-order valence-electron chi connectivity index (χ3n) is 4.07. The molecule has 0 radical (unpaired) electrons. The van der Waals surface area contributed by atoms with E-state index in [1.807, 2.05) is 0 Å². The van der Waals surface area contributed by atoms with Gasteiger partial charge in [0.1, 0.15) is 11.6 Å². The van der Waals surface area contributed by atoms with Gasteiger partial charge in [0.25, 0.3) is 0 Å². The van der Waals surface area contributed by atoms with E-state index >= 15 is 0 Å². The van der Waals surface area contributed by atoms with Crippen molar-refractivity contribution in [3.05, 3.63) is 0 Å². The Morgan fingerprint density at radius 3 is 2.48 bits per heavy atom. The predicted molar refractivity (Wildman–Crippen MR) is 71.9 cm³/mol. The van der Waals surface area contributed by atoms with Crippen molar-refractivity contribution in [2.24, 2.45) is 5.41 Å². The number of ether oxygens (including phenoxy) is 1. The van der Waals surface area contributed by atoms with Crippen LogP contribution in [0.25, 0.3) is 0 Å².